The summed E-state index contributed by atoms with van der Waals surface area (Å²) < 4.78 is 29.4. The van der Waals surface area contributed by atoms with E-state index in [2.05, 4.69) is 5.32 Å². The van der Waals surface area contributed by atoms with Crippen LogP contribution in [0.15, 0.2) is 35.4 Å². The number of aromatic nitrogens is 1. The maximum absolute atomic E-state index is 12.9. The van der Waals surface area contributed by atoms with Gasteiger partial charge in [0.1, 0.15) is 6.04 Å². The summed E-state index contributed by atoms with van der Waals surface area (Å²) in [5.41, 5.74) is 0.894. The van der Waals surface area contributed by atoms with Gasteiger partial charge in [-0.15, -0.1) is 0 Å². The van der Waals surface area contributed by atoms with Gasteiger partial charge in [0.15, 0.2) is 0 Å². The van der Waals surface area contributed by atoms with Gasteiger partial charge in [0.05, 0.1) is 4.90 Å². The van der Waals surface area contributed by atoms with Crippen molar-refractivity contribution in [1.29, 1.82) is 0 Å². The predicted octanol–water partition coefficient (Wildman–Crippen LogP) is 3.05. The molecule has 2 fully saturated rings. The lowest BCUT2D eigenvalue weighted by molar-refractivity contribution is -0.124. The highest BCUT2D eigenvalue weighted by atomic mass is 32.2. The van der Waals surface area contributed by atoms with Gasteiger partial charge in [-0.1, -0.05) is 13.3 Å². The van der Waals surface area contributed by atoms with Crippen LogP contribution in [0.4, 0.5) is 0 Å². The third-order valence-corrected chi connectivity index (χ3v) is 7.49. The van der Waals surface area contributed by atoms with Crippen molar-refractivity contribution in [2.24, 2.45) is 0 Å². The summed E-state index contributed by atoms with van der Waals surface area (Å²) in [6.45, 7) is 3.19. The molecule has 1 saturated heterocycles. The lowest BCUT2D eigenvalue weighted by atomic mass is 10.2. The van der Waals surface area contributed by atoms with Gasteiger partial charge in [-0.3, -0.25) is 4.79 Å². The second-order valence-electron chi connectivity index (χ2n) is 7.62. The zero-order chi connectivity index (χ0) is 19.0. The summed E-state index contributed by atoms with van der Waals surface area (Å²) in [5, 5.41) is 3.93. The molecule has 1 aliphatic heterocycles. The number of hydrogen-bond donors (Lipinski definition) is 1. The molecular weight excluding hydrogens is 362 g/mol. The molecule has 1 amide bonds. The summed E-state index contributed by atoms with van der Waals surface area (Å²) in [6, 6.07) is 7.20. The SMILES string of the molecule is CCC(C(=O)NC1CC1)n1ccc2cc(S(=O)(=O)N3CCCCC3)ccc21. The quantitative estimate of drug-likeness (QED) is 0.825. The van der Waals surface area contributed by atoms with E-state index in [4.69, 9.17) is 0 Å². The van der Waals surface area contributed by atoms with Gasteiger partial charge in [-0.05, 0) is 56.4 Å². The molecular formula is C20H27N3O3S. The Bertz CT molecular complexity index is 941. The van der Waals surface area contributed by atoms with Gasteiger partial charge in [0.25, 0.3) is 0 Å². The third-order valence-electron chi connectivity index (χ3n) is 5.59. The highest BCUT2D eigenvalue weighted by molar-refractivity contribution is 7.89. The molecule has 2 aliphatic rings. The van der Waals surface area contributed by atoms with Crippen molar-refractivity contribution >= 4 is 26.8 Å². The largest absolute Gasteiger partial charge is 0.352 e. The normalized spacial score (nSPS) is 19.9. The van der Waals surface area contributed by atoms with E-state index in [1.165, 1.54) is 0 Å². The number of carbonyl (C=O) groups excluding carboxylic acids is 1. The van der Waals surface area contributed by atoms with E-state index in [1.54, 1.807) is 16.4 Å². The van der Waals surface area contributed by atoms with Gasteiger partial charge in [-0.2, -0.15) is 4.31 Å². The lowest BCUT2D eigenvalue weighted by Gasteiger charge is -2.26. The highest BCUT2D eigenvalue weighted by Crippen LogP contribution is 2.28. The fourth-order valence-corrected chi connectivity index (χ4v) is 5.42. The van der Waals surface area contributed by atoms with E-state index in [-0.39, 0.29) is 11.9 Å². The Hall–Kier alpha value is -1.86. The molecule has 0 radical (unpaired) electrons. The smallest absolute Gasteiger partial charge is 0.243 e. The minimum absolute atomic E-state index is 0.0440. The van der Waals surface area contributed by atoms with Crippen molar-refractivity contribution in [2.45, 2.75) is 62.4 Å². The second kappa shape index (κ2) is 7.28. The summed E-state index contributed by atoms with van der Waals surface area (Å²) in [4.78, 5) is 12.9. The fourth-order valence-electron chi connectivity index (χ4n) is 3.86. The van der Waals surface area contributed by atoms with Crippen molar-refractivity contribution in [3.63, 3.8) is 0 Å². The number of rotatable bonds is 6. The molecule has 27 heavy (non-hydrogen) atoms. The molecule has 7 heteroatoms. The van der Waals surface area contributed by atoms with Crippen molar-refractivity contribution < 1.29 is 13.2 Å². The molecule has 1 N–H and O–H groups in total. The number of piperidine rings is 1. The summed E-state index contributed by atoms with van der Waals surface area (Å²) >= 11 is 0. The molecule has 1 aromatic heterocycles. The van der Waals surface area contributed by atoms with E-state index in [1.807, 2.05) is 29.8 Å². The van der Waals surface area contributed by atoms with Crippen LogP contribution < -0.4 is 5.32 Å². The van der Waals surface area contributed by atoms with Gasteiger partial charge >= 0.3 is 0 Å². The third kappa shape index (κ3) is 3.62. The van der Waals surface area contributed by atoms with E-state index in [0.717, 1.165) is 43.0 Å². The number of nitrogens with one attached hydrogen (secondary N) is 1. The standard InChI is InChI=1S/C20H27N3O3S/c1-2-18(20(24)21-16-6-7-16)23-13-10-15-14-17(8-9-19(15)23)27(25,26)22-11-4-3-5-12-22/h8-10,13-14,16,18H,2-7,11-12H2,1H3,(H,21,24). The Balaban J connectivity index is 1.63. The highest BCUT2D eigenvalue weighted by Gasteiger charge is 2.29. The van der Waals surface area contributed by atoms with E-state index >= 15 is 0 Å². The number of nitrogens with zero attached hydrogens (tertiary/aromatic N) is 2. The van der Waals surface area contributed by atoms with Crippen LogP contribution in [0, 0.1) is 0 Å². The van der Waals surface area contributed by atoms with Gasteiger partial charge in [0.2, 0.25) is 15.9 Å². The predicted molar refractivity (Wildman–Crippen MR) is 105 cm³/mol. The summed E-state index contributed by atoms with van der Waals surface area (Å²) in [6.07, 6.45) is 7.64. The van der Waals surface area contributed by atoms with Crippen molar-refractivity contribution in [3.8, 4) is 0 Å². The monoisotopic (exact) mass is 389 g/mol. The van der Waals surface area contributed by atoms with E-state index < -0.39 is 10.0 Å². The molecule has 2 aromatic rings. The first-order chi connectivity index (χ1) is 13.0. The zero-order valence-corrected chi connectivity index (χ0v) is 16.5. The Morgan fingerprint density at radius 2 is 1.93 bits per heavy atom. The molecule has 1 aromatic carbocycles. The number of amides is 1. The van der Waals surface area contributed by atoms with Gasteiger partial charge < -0.3 is 9.88 Å². The van der Waals surface area contributed by atoms with Gasteiger partial charge in [0, 0.05) is 36.2 Å². The Kier molecular flexibility index (Phi) is 4.99. The molecule has 4 rings (SSSR count). The lowest BCUT2D eigenvalue weighted by Crippen LogP contribution is -2.35. The van der Waals surface area contributed by atoms with Crippen LogP contribution in [0.1, 0.15) is 51.5 Å². The minimum Gasteiger partial charge on any atom is -0.352 e. The maximum atomic E-state index is 12.9. The van der Waals surface area contributed by atoms with Crippen LogP contribution in [-0.2, 0) is 14.8 Å². The number of sulfonamides is 1. The first-order valence-corrected chi connectivity index (χ1v) is 11.4. The van der Waals surface area contributed by atoms with Gasteiger partial charge in [-0.25, -0.2) is 8.42 Å². The topological polar surface area (TPSA) is 71.4 Å². The zero-order valence-electron chi connectivity index (χ0n) is 15.7. The molecule has 0 bridgehead atoms. The summed E-state index contributed by atoms with van der Waals surface area (Å²) in [5.74, 6) is 0.0440. The van der Waals surface area contributed by atoms with Crippen LogP contribution in [-0.4, -0.2) is 42.3 Å². The Morgan fingerprint density at radius 3 is 2.59 bits per heavy atom. The Labute approximate surface area is 160 Å². The molecule has 6 nitrogen and oxygen atoms in total. The van der Waals surface area contributed by atoms with Crippen molar-refractivity contribution in [3.05, 3.63) is 30.5 Å². The summed E-state index contributed by atoms with van der Waals surface area (Å²) in [7, 11) is -3.45. The first-order valence-electron chi connectivity index (χ1n) is 9.92. The molecule has 146 valence electrons. The molecule has 1 unspecified atom stereocenters. The van der Waals surface area contributed by atoms with E-state index in [9.17, 15) is 13.2 Å². The van der Waals surface area contributed by atoms with Crippen LogP contribution in [0.5, 0.6) is 0 Å². The Morgan fingerprint density at radius 1 is 1.19 bits per heavy atom. The number of carbonyl (C=O) groups is 1. The number of benzene rings is 1. The second-order valence-corrected chi connectivity index (χ2v) is 9.55. The van der Waals surface area contributed by atoms with Crippen LogP contribution in [0.25, 0.3) is 10.9 Å². The maximum Gasteiger partial charge on any atom is 0.243 e. The minimum atomic E-state index is -3.45. The molecule has 2 heterocycles. The molecule has 1 saturated carbocycles. The van der Waals surface area contributed by atoms with E-state index in [0.29, 0.717) is 30.4 Å². The van der Waals surface area contributed by atoms with Crippen LogP contribution in [0.3, 0.4) is 0 Å². The average molecular weight is 390 g/mol. The first kappa shape index (κ1) is 18.5. The van der Waals surface area contributed by atoms with Crippen LogP contribution >= 0.6 is 0 Å². The number of fused-ring (bicyclic) bond motifs is 1. The molecule has 1 atom stereocenters. The molecule has 0 spiro atoms. The van der Waals surface area contributed by atoms with Crippen molar-refractivity contribution in [2.75, 3.05) is 13.1 Å². The average Bonchev–Trinajstić information content (AvgIpc) is 3.40. The number of hydrogen-bond acceptors (Lipinski definition) is 3. The fraction of sp³-hybridized carbons (Fsp3) is 0.550. The van der Waals surface area contributed by atoms with Crippen molar-refractivity contribution in [1.82, 2.24) is 14.2 Å². The van der Waals surface area contributed by atoms with Crippen LogP contribution in [0.2, 0.25) is 0 Å². The molecule has 1 aliphatic carbocycles.